The van der Waals surface area contributed by atoms with Crippen molar-refractivity contribution < 1.29 is 48.5 Å². The lowest BCUT2D eigenvalue weighted by Crippen LogP contribution is -2.60. The highest BCUT2D eigenvalue weighted by Crippen LogP contribution is 2.65. The Morgan fingerprint density at radius 1 is 1.07 bits per heavy atom. The van der Waals surface area contributed by atoms with Crippen LogP contribution in [0.5, 0.6) is 5.75 Å². The van der Waals surface area contributed by atoms with Crippen molar-refractivity contribution in [3.8, 4) is 5.75 Å². The van der Waals surface area contributed by atoms with Crippen LogP contribution < -0.4 is 5.73 Å². The van der Waals surface area contributed by atoms with Crippen LogP contribution in [-0.4, -0.2) is 70.6 Å². The number of aliphatic hydroxyl groups is 1. The van der Waals surface area contributed by atoms with Gasteiger partial charge in [-0.25, -0.2) is 0 Å². The molecule has 2 fully saturated rings. The standard InChI is InChI=1S/C27H42N2O10P2/c1-26-12-9-20-19-8-6-18(30)16-17(19)5-7-21(20)22(26)10-13-27(26,33)25(32)29(23(31)4-2-3-14-28)15-11-24(40(34,35)36)41(37,38)39/h6,8,16,20-22,24,30,33H,2-5,7,9-15,28H2,1H3,(H2,34,35,36)(H2,37,38,39)/t20?,21?,22?,26-,27-/m0/s1. The van der Waals surface area contributed by atoms with Gasteiger partial charge in [-0.15, -0.1) is 0 Å². The van der Waals surface area contributed by atoms with Crippen LogP contribution in [0.1, 0.15) is 81.8 Å². The molecular formula is C27H42N2O10P2. The van der Waals surface area contributed by atoms with Crippen LogP contribution in [0.2, 0.25) is 0 Å². The van der Waals surface area contributed by atoms with Crippen molar-refractivity contribution in [2.24, 2.45) is 23.0 Å². The van der Waals surface area contributed by atoms with Gasteiger partial charge in [0.2, 0.25) is 5.91 Å². The van der Waals surface area contributed by atoms with E-state index in [1.54, 1.807) is 12.1 Å². The average molecular weight is 617 g/mol. The van der Waals surface area contributed by atoms with Gasteiger partial charge < -0.3 is 35.5 Å². The summed E-state index contributed by atoms with van der Waals surface area (Å²) in [7, 11) is -10.5. The maximum atomic E-state index is 14.1. The maximum absolute atomic E-state index is 14.1. The lowest BCUT2D eigenvalue weighted by atomic mass is 9.53. The van der Waals surface area contributed by atoms with Gasteiger partial charge in [0.1, 0.15) is 11.4 Å². The Labute approximate surface area is 239 Å². The molecule has 8 N–H and O–H groups in total. The van der Waals surface area contributed by atoms with Crippen LogP contribution in [0.4, 0.5) is 0 Å². The minimum absolute atomic E-state index is 0.0238. The van der Waals surface area contributed by atoms with Crippen molar-refractivity contribution in [3.63, 3.8) is 0 Å². The first-order valence-corrected chi connectivity index (χ1v) is 17.6. The van der Waals surface area contributed by atoms with E-state index in [1.807, 2.05) is 13.0 Å². The van der Waals surface area contributed by atoms with E-state index < -0.39 is 56.4 Å². The van der Waals surface area contributed by atoms with Gasteiger partial charge in [0, 0.05) is 18.4 Å². The number of unbranched alkanes of at least 4 members (excludes halogenated alkanes) is 1. The van der Waals surface area contributed by atoms with E-state index in [-0.39, 0.29) is 36.3 Å². The molecule has 2 saturated carbocycles. The number of carbonyl (C=O) groups is 2. The molecule has 12 nitrogen and oxygen atoms in total. The number of carbonyl (C=O) groups excluding carboxylic acids is 2. The predicted molar refractivity (Wildman–Crippen MR) is 150 cm³/mol. The molecule has 0 heterocycles. The zero-order valence-corrected chi connectivity index (χ0v) is 25.1. The fraction of sp³-hybridized carbons (Fsp3) is 0.704. The lowest BCUT2D eigenvalue weighted by Gasteiger charge is -2.53. The third-order valence-electron chi connectivity index (χ3n) is 9.99. The molecule has 3 aliphatic rings. The normalized spacial score (nSPS) is 29.5. The number of imide groups is 1. The molecule has 1 aromatic carbocycles. The minimum Gasteiger partial charge on any atom is -0.508 e. The lowest BCUT2D eigenvalue weighted by molar-refractivity contribution is -0.174. The molecule has 0 saturated heterocycles. The van der Waals surface area contributed by atoms with Crippen LogP contribution in [0.25, 0.3) is 0 Å². The van der Waals surface area contributed by atoms with Crippen molar-refractivity contribution in [2.45, 2.75) is 88.1 Å². The summed E-state index contributed by atoms with van der Waals surface area (Å²) in [6, 6.07) is 5.43. The van der Waals surface area contributed by atoms with E-state index in [1.165, 1.54) is 5.56 Å². The molecule has 0 spiro atoms. The zero-order chi connectivity index (χ0) is 30.4. The number of benzene rings is 1. The highest BCUT2D eigenvalue weighted by molar-refractivity contribution is 7.70. The molecule has 5 atom stereocenters. The van der Waals surface area contributed by atoms with Crippen molar-refractivity contribution >= 4 is 27.0 Å². The number of hydrogen-bond acceptors (Lipinski definition) is 7. The van der Waals surface area contributed by atoms with Crippen LogP contribution in [0.3, 0.4) is 0 Å². The van der Waals surface area contributed by atoms with Crippen LogP contribution in [0, 0.1) is 17.3 Å². The number of aryl methyl sites for hydroxylation is 1. The van der Waals surface area contributed by atoms with Gasteiger partial charge >= 0.3 is 15.2 Å². The topological polar surface area (TPSA) is 219 Å². The Balaban J connectivity index is 1.61. The number of phenolic OH excluding ortho intramolecular Hbond substituents is 1. The third-order valence-corrected chi connectivity index (χ3v) is 13.9. The summed E-state index contributed by atoms with van der Waals surface area (Å²) < 4.78 is 23.8. The van der Waals surface area contributed by atoms with E-state index >= 15 is 0 Å². The number of fused-ring (bicyclic) bond motifs is 5. The first kappa shape index (κ1) is 32.3. The number of nitrogens with zero attached hydrogens (tertiary/aromatic N) is 1. The predicted octanol–water partition coefficient (Wildman–Crippen LogP) is 2.54. The molecule has 2 amide bonds. The van der Waals surface area contributed by atoms with E-state index in [0.717, 1.165) is 23.3 Å². The molecule has 41 heavy (non-hydrogen) atoms. The van der Waals surface area contributed by atoms with Gasteiger partial charge in [0.05, 0.1) is 0 Å². The number of rotatable bonds is 10. The highest BCUT2D eigenvalue weighted by atomic mass is 31.2. The Bertz CT molecular complexity index is 1240. The zero-order valence-electron chi connectivity index (χ0n) is 23.3. The quantitative estimate of drug-likeness (QED) is 0.150. The summed E-state index contributed by atoms with van der Waals surface area (Å²) >= 11 is 0. The SMILES string of the molecule is C[C@]12CCC3c4ccc(O)cc4CCC3C1CC[C@]2(O)C(=O)N(CCC(P(=O)(O)O)P(=O)(O)O)C(=O)CCCCN. The number of phenols is 1. The summed E-state index contributed by atoms with van der Waals surface area (Å²) in [6.45, 7) is 1.54. The fourth-order valence-electron chi connectivity index (χ4n) is 7.83. The summed E-state index contributed by atoms with van der Waals surface area (Å²) in [5.41, 5.74) is 5.02. The summed E-state index contributed by atoms with van der Waals surface area (Å²) in [6.07, 6.45) is 3.38. The summed E-state index contributed by atoms with van der Waals surface area (Å²) in [4.78, 5) is 66.5. The summed E-state index contributed by atoms with van der Waals surface area (Å²) in [5.74, 6) is -0.954. The summed E-state index contributed by atoms with van der Waals surface area (Å²) in [5, 5.41) is 19.7. The van der Waals surface area contributed by atoms with Gasteiger partial charge in [-0.1, -0.05) is 13.0 Å². The van der Waals surface area contributed by atoms with E-state index in [2.05, 4.69) is 0 Å². The molecule has 0 radical (unpaired) electrons. The molecule has 0 aliphatic heterocycles. The van der Waals surface area contributed by atoms with Gasteiger partial charge in [0.15, 0.2) is 5.40 Å². The molecule has 14 heteroatoms. The Hall–Kier alpha value is -1.62. The van der Waals surface area contributed by atoms with Crippen molar-refractivity contribution in [1.82, 2.24) is 4.90 Å². The number of aromatic hydroxyl groups is 1. The van der Waals surface area contributed by atoms with E-state index in [0.29, 0.717) is 38.6 Å². The van der Waals surface area contributed by atoms with Gasteiger partial charge in [-0.2, -0.15) is 0 Å². The molecule has 0 bridgehead atoms. The first-order valence-electron chi connectivity index (χ1n) is 14.2. The second-order valence-corrected chi connectivity index (χ2v) is 16.2. The molecule has 4 rings (SSSR count). The monoisotopic (exact) mass is 616 g/mol. The van der Waals surface area contributed by atoms with Crippen molar-refractivity contribution in [2.75, 3.05) is 13.1 Å². The van der Waals surface area contributed by atoms with E-state index in [9.17, 15) is 48.5 Å². The van der Waals surface area contributed by atoms with Crippen LogP contribution >= 0.6 is 15.2 Å². The fourth-order valence-corrected chi connectivity index (χ4v) is 10.3. The first-order chi connectivity index (χ1) is 19.0. The van der Waals surface area contributed by atoms with Crippen molar-refractivity contribution in [3.05, 3.63) is 29.3 Å². The van der Waals surface area contributed by atoms with E-state index in [4.69, 9.17) is 5.73 Å². The smallest absolute Gasteiger partial charge is 0.340 e. The van der Waals surface area contributed by atoms with Gasteiger partial charge in [0.25, 0.3) is 5.91 Å². The Morgan fingerprint density at radius 2 is 1.76 bits per heavy atom. The van der Waals surface area contributed by atoms with Crippen molar-refractivity contribution in [1.29, 1.82) is 0 Å². The van der Waals surface area contributed by atoms with Crippen LogP contribution in [-0.2, 0) is 25.1 Å². The molecule has 0 aromatic heterocycles. The third kappa shape index (κ3) is 6.08. The number of nitrogens with two attached hydrogens (primary N) is 1. The second kappa shape index (κ2) is 11.8. The maximum Gasteiger partial charge on any atom is 0.340 e. The largest absolute Gasteiger partial charge is 0.508 e. The number of hydrogen-bond donors (Lipinski definition) is 7. The average Bonchev–Trinajstić information content (AvgIpc) is 3.16. The minimum atomic E-state index is -5.27. The molecule has 3 unspecified atom stereocenters. The highest BCUT2D eigenvalue weighted by Gasteiger charge is 2.65. The van der Waals surface area contributed by atoms with Crippen LogP contribution in [0.15, 0.2) is 18.2 Å². The Morgan fingerprint density at radius 3 is 2.39 bits per heavy atom. The van der Waals surface area contributed by atoms with Gasteiger partial charge in [-0.05, 0) is 105 Å². The second-order valence-electron chi connectivity index (χ2n) is 12.2. The van der Waals surface area contributed by atoms with Gasteiger partial charge in [-0.3, -0.25) is 23.6 Å². The number of amides is 2. The molecular weight excluding hydrogens is 574 g/mol. The Kier molecular flexibility index (Phi) is 9.30. The molecule has 3 aliphatic carbocycles. The molecule has 1 aromatic rings. The molecule has 230 valence electrons.